The zero-order chi connectivity index (χ0) is 19.8. The first-order valence-electron chi connectivity index (χ1n) is 7.99. The molecule has 1 aromatic heterocycles. The largest absolute Gasteiger partial charge is 0.323 e. The van der Waals surface area contributed by atoms with Crippen LogP contribution in [0.4, 0.5) is 10.1 Å². The van der Waals surface area contributed by atoms with E-state index in [1.54, 1.807) is 6.07 Å². The third-order valence-electron chi connectivity index (χ3n) is 4.25. The fraction of sp³-hybridized carbons (Fsp3) is 0.158. The van der Waals surface area contributed by atoms with Gasteiger partial charge in [-0.1, -0.05) is 29.8 Å². The Hall–Kier alpha value is -2.51. The number of para-hydroxylation sites is 1. The molecule has 1 amide bonds. The van der Waals surface area contributed by atoms with E-state index in [9.17, 15) is 17.6 Å². The Morgan fingerprint density at radius 1 is 1.15 bits per heavy atom. The van der Waals surface area contributed by atoms with Crippen LogP contribution in [0, 0.1) is 5.82 Å². The molecular weight excluding hydrogens is 391 g/mol. The molecule has 0 aliphatic carbocycles. The van der Waals surface area contributed by atoms with Crippen molar-refractivity contribution >= 4 is 43.9 Å². The molecule has 3 rings (SSSR count). The van der Waals surface area contributed by atoms with E-state index in [1.807, 2.05) is 24.3 Å². The average Bonchev–Trinajstić information content (AvgIpc) is 2.61. The molecule has 1 heterocycles. The van der Waals surface area contributed by atoms with Crippen molar-refractivity contribution in [1.82, 2.24) is 4.98 Å². The molecule has 0 atom stereocenters. The van der Waals surface area contributed by atoms with Gasteiger partial charge in [-0.15, -0.1) is 0 Å². The van der Waals surface area contributed by atoms with Crippen LogP contribution in [0.3, 0.4) is 0 Å². The molecule has 0 aliphatic heterocycles. The highest BCUT2D eigenvalue weighted by atomic mass is 35.5. The van der Waals surface area contributed by atoms with E-state index in [1.165, 1.54) is 26.1 Å². The van der Waals surface area contributed by atoms with Crippen molar-refractivity contribution in [3.05, 3.63) is 65.6 Å². The number of pyridine rings is 1. The number of sulfone groups is 1. The highest BCUT2D eigenvalue weighted by Crippen LogP contribution is 2.30. The summed E-state index contributed by atoms with van der Waals surface area (Å²) in [7, 11) is -4.31. The highest BCUT2D eigenvalue weighted by molar-refractivity contribution is 7.93. The van der Waals surface area contributed by atoms with Gasteiger partial charge in [-0.05, 0) is 44.2 Å². The molecule has 8 heteroatoms. The van der Waals surface area contributed by atoms with Gasteiger partial charge in [-0.3, -0.25) is 9.78 Å². The molecule has 3 aromatic rings. The van der Waals surface area contributed by atoms with Crippen molar-refractivity contribution in [2.24, 2.45) is 0 Å². The molecule has 0 radical (unpaired) electrons. The monoisotopic (exact) mass is 406 g/mol. The molecule has 0 saturated heterocycles. The number of benzene rings is 2. The summed E-state index contributed by atoms with van der Waals surface area (Å²) in [6, 6.07) is 12.2. The van der Waals surface area contributed by atoms with Crippen LogP contribution in [0.2, 0.25) is 5.02 Å². The summed E-state index contributed by atoms with van der Waals surface area (Å²) in [5, 5.41) is 3.41. The van der Waals surface area contributed by atoms with Crippen LogP contribution >= 0.6 is 11.6 Å². The molecule has 0 saturated carbocycles. The maximum Gasteiger partial charge on any atom is 0.245 e. The van der Waals surface area contributed by atoms with Gasteiger partial charge in [0.25, 0.3) is 0 Å². The lowest BCUT2D eigenvalue weighted by molar-refractivity contribution is -0.117. The summed E-state index contributed by atoms with van der Waals surface area (Å²) < 4.78 is 38.0. The standard InChI is InChI=1S/C19H16ClFN2O3S/c1-19(2,27(25,26)17-8-7-13(20)10-15(17)21)18(24)23-14-9-12-5-3-4-6-16(12)22-11-14/h3-11H,1-2H3,(H,23,24). The number of halogens is 2. The first-order chi connectivity index (χ1) is 12.6. The Bertz CT molecular complexity index is 1150. The number of amides is 1. The number of carbonyl (C=O) groups excluding carboxylic acids is 1. The Balaban J connectivity index is 1.93. The Morgan fingerprint density at radius 2 is 1.85 bits per heavy atom. The predicted octanol–water partition coefficient (Wildman–Crippen LogP) is 4.22. The van der Waals surface area contributed by atoms with E-state index in [2.05, 4.69) is 10.3 Å². The molecule has 0 unspecified atom stereocenters. The van der Waals surface area contributed by atoms with Gasteiger partial charge in [-0.25, -0.2) is 12.8 Å². The van der Waals surface area contributed by atoms with Crippen LogP contribution in [0.1, 0.15) is 13.8 Å². The minimum atomic E-state index is -4.31. The van der Waals surface area contributed by atoms with E-state index in [-0.39, 0.29) is 5.02 Å². The van der Waals surface area contributed by atoms with E-state index in [0.29, 0.717) is 5.69 Å². The smallest absolute Gasteiger partial charge is 0.245 e. The quantitative estimate of drug-likeness (QED) is 0.703. The summed E-state index contributed by atoms with van der Waals surface area (Å²) in [6.45, 7) is 2.44. The van der Waals surface area contributed by atoms with Gasteiger partial charge >= 0.3 is 0 Å². The lowest BCUT2D eigenvalue weighted by Crippen LogP contribution is -2.44. The van der Waals surface area contributed by atoms with Crippen LogP contribution < -0.4 is 5.32 Å². The fourth-order valence-corrected chi connectivity index (χ4v) is 4.08. The molecule has 1 N–H and O–H groups in total. The summed E-state index contributed by atoms with van der Waals surface area (Å²) >= 11 is 5.68. The third-order valence-corrected chi connectivity index (χ3v) is 6.92. The molecule has 140 valence electrons. The number of aromatic nitrogens is 1. The van der Waals surface area contributed by atoms with Gasteiger partial charge in [0.15, 0.2) is 9.84 Å². The molecule has 0 bridgehead atoms. The second-order valence-corrected chi connectivity index (χ2v) is 9.36. The lowest BCUT2D eigenvalue weighted by atomic mass is 10.1. The van der Waals surface area contributed by atoms with Gasteiger partial charge in [0.1, 0.15) is 15.5 Å². The summed E-state index contributed by atoms with van der Waals surface area (Å²) in [5.41, 5.74) is 1.09. The Morgan fingerprint density at radius 3 is 2.56 bits per heavy atom. The minimum Gasteiger partial charge on any atom is -0.323 e. The van der Waals surface area contributed by atoms with Crippen LogP contribution in [0.25, 0.3) is 10.9 Å². The van der Waals surface area contributed by atoms with Crippen molar-refractivity contribution in [1.29, 1.82) is 0 Å². The second-order valence-electron chi connectivity index (χ2n) is 6.46. The van der Waals surface area contributed by atoms with E-state index in [0.717, 1.165) is 23.0 Å². The summed E-state index contributed by atoms with van der Waals surface area (Å²) in [4.78, 5) is 16.3. The number of nitrogens with zero attached hydrogens (tertiary/aromatic N) is 1. The van der Waals surface area contributed by atoms with E-state index >= 15 is 0 Å². The highest BCUT2D eigenvalue weighted by Gasteiger charge is 2.44. The molecular formula is C19H16ClFN2O3S. The van der Waals surface area contributed by atoms with Crippen molar-refractivity contribution in [3.63, 3.8) is 0 Å². The molecule has 0 spiro atoms. The SMILES string of the molecule is CC(C)(C(=O)Nc1cnc2ccccc2c1)S(=O)(=O)c1ccc(Cl)cc1F. The molecule has 2 aromatic carbocycles. The topological polar surface area (TPSA) is 76.1 Å². The fourth-order valence-electron chi connectivity index (χ4n) is 2.51. The van der Waals surface area contributed by atoms with Crippen LogP contribution in [0.5, 0.6) is 0 Å². The zero-order valence-corrected chi connectivity index (χ0v) is 16.1. The summed E-state index contributed by atoms with van der Waals surface area (Å²) in [5.74, 6) is -1.80. The number of hydrogen-bond acceptors (Lipinski definition) is 4. The lowest BCUT2D eigenvalue weighted by Gasteiger charge is -2.24. The summed E-state index contributed by atoms with van der Waals surface area (Å²) in [6.07, 6.45) is 1.44. The van der Waals surface area contributed by atoms with Crippen molar-refractivity contribution in [3.8, 4) is 0 Å². The van der Waals surface area contributed by atoms with E-state index in [4.69, 9.17) is 11.6 Å². The van der Waals surface area contributed by atoms with Gasteiger partial charge in [-0.2, -0.15) is 0 Å². The Kier molecular flexibility index (Phi) is 4.92. The van der Waals surface area contributed by atoms with Crippen molar-refractivity contribution < 1.29 is 17.6 Å². The van der Waals surface area contributed by atoms with Gasteiger partial charge < -0.3 is 5.32 Å². The van der Waals surface area contributed by atoms with Gasteiger partial charge in [0.2, 0.25) is 5.91 Å². The van der Waals surface area contributed by atoms with Gasteiger partial charge in [0, 0.05) is 10.4 Å². The molecule has 5 nitrogen and oxygen atoms in total. The third kappa shape index (κ3) is 3.52. The second kappa shape index (κ2) is 6.90. The minimum absolute atomic E-state index is 0.0657. The maximum atomic E-state index is 14.1. The van der Waals surface area contributed by atoms with Crippen LogP contribution in [-0.4, -0.2) is 24.1 Å². The van der Waals surface area contributed by atoms with Crippen LogP contribution in [0.15, 0.2) is 59.6 Å². The number of rotatable bonds is 4. The molecule has 0 aliphatic rings. The van der Waals surface area contributed by atoms with Gasteiger partial charge in [0.05, 0.1) is 17.4 Å². The Labute approximate surface area is 161 Å². The number of anilines is 1. The van der Waals surface area contributed by atoms with Crippen molar-refractivity contribution in [2.45, 2.75) is 23.5 Å². The van der Waals surface area contributed by atoms with E-state index < -0.39 is 31.2 Å². The molecule has 27 heavy (non-hydrogen) atoms. The normalized spacial score (nSPS) is 12.1. The first-order valence-corrected chi connectivity index (χ1v) is 9.85. The average molecular weight is 407 g/mol. The van der Waals surface area contributed by atoms with Crippen LogP contribution in [-0.2, 0) is 14.6 Å². The zero-order valence-electron chi connectivity index (χ0n) is 14.5. The predicted molar refractivity (Wildman–Crippen MR) is 103 cm³/mol. The van der Waals surface area contributed by atoms with Crippen molar-refractivity contribution in [2.75, 3.05) is 5.32 Å². The first kappa shape index (κ1) is 19.3. The number of carbonyl (C=O) groups is 1. The molecule has 0 fully saturated rings. The number of fused-ring (bicyclic) bond motifs is 1. The number of hydrogen-bond donors (Lipinski definition) is 1. The number of nitrogens with one attached hydrogen (secondary N) is 1. The maximum absolute atomic E-state index is 14.1.